The van der Waals surface area contributed by atoms with Gasteiger partial charge in [-0.25, -0.2) is 4.79 Å². The predicted molar refractivity (Wildman–Crippen MR) is 82.3 cm³/mol. The molecular formula is C14H20Cl2N2O2. The molecule has 0 aliphatic rings. The number of nitrogens with one attached hydrogen (secondary N) is 1. The van der Waals surface area contributed by atoms with E-state index >= 15 is 0 Å². The summed E-state index contributed by atoms with van der Waals surface area (Å²) in [5.41, 5.74) is -0.0664. The molecule has 1 aromatic rings. The zero-order chi connectivity index (χ0) is 15.5. The number of carbonyl (C=O) groups excluding carboxylic acids is 1. The summed E-state index contributed by atoms with van der Waals surface area (Å²) in [6.45, 7) is 5.40. The molecule has 1 aromatic carbocycles. The molecule has 0 saturated heterocycles. The van der Waals surface area contributed by atoms with Crippen LogP contribution < -0.4 is 5.32 Å². The molecule has 20 heavy (non-hydrogen) atoms. The zero-order valence-electron chi connectivity index (χ0n) is 12.1. The third-order valence-corrected chi connectivity index (χ3v) is 3.49. The second kappa shape index (κ2) is 6.66. The lowest BCUT2D eigenvalue weighted by Gasteiger charge is -2.27. The fourth-order valence-electron chi connectivity index (χ4n) is 1.81. The second-order valence-corrected chi connectivity index (χ2v) is 6.33. The highest BCUT2D eigenvalue weighted by molar-refractivity contribution is 6.42. The number of hydrogen-bond donors (Lipinski definition) is 2. The number of carbonyl (C=O) groups is 1. The van der Waals surface area contributed by atoms with Crippen molar-refractivity contribution in [3.63, 3.8) is 0 Å². The van der Waals surface area contributed by atoms with E-state index in [2.05, 4.69) is 5.32 Å². The number of halogens is 2. The maximum atomic E-state index is 12.0. The lowest BCUT2D eigenvalue weighted by atomic mass is 10.1. The van der Waals surface area contributed by atoms with Crippen LogP contribution in [0.1, 0.15) is 32.4 Å². The van der Waals surface area contributed by atoms with E-state index in [-0.39, 0.29) is 18.6 Å². The summed E-state index contributed by atoms with van der Waals surface area (Å²) in [6, 6.07) is 4.77. The van der Waals surface area contributed by atoms with Gasteiger partial charge in [-0.05, 0) is 38.5 Å². The molecule has 0 aliphatic heterocycles. The van der Waals surface area contributed by atoms with Gasteiger partial charge in [0.2, 0.25) is 0 Å². The highest BCUT2D eigenvalue weighted by Gasteiger charge is 2.20. The Labute approximate surface area is 129 Å². The van der Waals surface area contributed by atoms with Crippen LogP contribution in [0.3, 0.4) is 0 Å². The van der Waals surface area contributed by atoms with Crippen molar-refractivity contribution in [2.24, 2.45) is 0 Å². The van der Waals surface area contributed by atoms with Crippen LogP contribution in [-0.4, -0.2) is 35.2 Å². The number of aliphatic hydroxyl groups is 1. The van der Waals surface area contributed by atoms with Crippen molar-refractivity contribution in [3.05, 3.63) is 33.8 Å². The summed E-state index contributed by atoms with van der Waals surface area (Å²) in [4.78, 5) is 13.4. The molecule has 0 aromatic heterocycles. The van der Waals surface area contributed by atoms with Crippen LogP contribution in [-0.2, 0) is 0 Å². The van der Waals surface area contributed by atoms with E-state index in [4.69, 9.17) is 23.2 Å². The molecule has 1 rings (SSSR count). The van der Waals surface area contributed by atoms with Gasteiger partial charge in [0.1, 0.15) is 0 Å². The minimum Gasteiger partial charge on any atom is -0.389 e. The molecule has 0 heterocycles. The average molecular weight is 319 g/mol. The van der Waals surface area contributed by atoms with Crippen LogP contribution in [0.15, 0.2) is 18.2 Å². The van der Waals surface area contributed by atoms with E-state index in [0.29, 0.717) is 10.0 Å². The predicted octanol–water partition coefficient (Wildman–Crippen LogP) is 3.47. The molecule has 112 valence electrons. The topological polar surface area (TPSA) is 52.6 Å². The summed E-state index contributed by atoms with van der Waals surface area (Å²) < 4.78 is 0. The minimum atomic E-state index is -0.932. The highest BCUT2D eigenvalue weighted by atomic mass is 35.5. The van der Waals surface area contributed by atoms with Crippen molar-refractivity contribution in [1.82, 2.24) is 10.2 Å². The summed E-state index contributed by atoms with van der Waals surface area (Å²) >= 11 is 11.8. The van der Waals surface area contributed by atoms with Crippen LogP contribution in [0.4, 0.5) is 4.79 Å². The van der Waals surface area contributed by atoms with Crippen LogP contribution in [0.5, 0.6) is 0 Å². The first-order valence-corrected chi connectivity index (χ1v) is 7.04. The fraction of sp³-hybridized carbons (Fsp3) is 0.500. The van der Waals surface area contributed by atoms with E-state index in [1.807, 2.05) is 13.0 Å². The molecule has 0 unspecified atom stereocenters. The molecular weight excluding hydrogens is 299 g/mol. The number of benzene rings is 1. The molecule has 2 N–H and O–H groups in total. The van der Waals surface area contributed by atoms with Crippen LogP contribution in [0.2, 0.25) is 10.0 Å². The number of hydrogen-bond acceptors (Lipinski definition) is 2. The molecule has 0 aliphatic carbocycles. The minimum absolute atomic E-state index is 0.207. The quantitative estimate of drug-likeness (QED) is 0.893. The number of nitrogens with zero attached hydrogens (tertiary/aromatic N) is 1. The Balaban J connectivity index is 2.67. The number of rotatable bonds is 4. The Morgan fingerprint density at radius 3 is 2.50 bits per heavy atom. The first-order valence-electron chi connectivity index (χ1n) is 6.29. The standard InChI is InChI=1S/C14H20Cl2N2O2/c1-9(10-5-6-11(15)12(16)7-10)17-13(19)18(4)8-14(2,3)20/h5-7,9,20H,8H2,1-4H3,(H,17,19)/t9-/m1/s1. The first-order chi connectivity index (χ1) is 9.10. The highest BCUT2D eigenvalue weighted by Crippen LogP contribution is 2.25. The Morgan fingerprint density at radius 2 is 2.00 bits per heavy atom. The first kappa shape index (κ1) is 17.1. The van der Waals surface area contributed by atoms with E-state index in [9.17, 15) is 9.90 Å². The van der Waals surface area contributed by atoms with Gasteiger partial charge in [0, 0.05) is 7.05 Å². The molecule has 6 heteroatoms. The van der Waals surface area contributed by atoms with E-state index < -0.39 is 5.60 Å². The van der Waals surface area contributed by atoms with Gasteiger partial charge in [-0.2, -0.15) is 0 Å². The smallest absolute Gasteiger partial charge is 0.317 e. The Morgan fingerprint density at radius 1 is 1.40 bits per heavy atom. The van der Waals surface area contributed by atoms with E-state index in [1.54, 1.807) is 33.0 Å². The summed E-state index contributed by atoms with van der Waals surface area (Å²) in [7, 11) is 1.63. The summed E-state index contributed by atoms with van der Waals surface area (Å²) in [5, 5.41) is 13.5. The van der Waals surface area contributed by atoms with Gasteiger partial charge in [0.05, 0.1) is 28.2 Å². The molecule has 0 spiro atoms. The Bertz CT molecular complexity index is 487. The average Bonchev–Trinajstić information content (AvgIpc) is 2.30. The third-order valence-electron chi connectivity index (χ3n) is 2.75. The number of likely N-dealkylation sites (N-methyl/N-ethyl adjacent to an activating group) is 1. The van der Waals surface area contributed by atoms with Gasteiger partial charge < -0.3 is 15.3 Å². The summed E-state index contributed by atoms with van der Waals surface area (Å²) in [6.07, 6.45) is 0. The van der Waals surface area contributed by atoms with Crippen molar-refractivity contribution in [2.45, 2.75) is 32.4 Å². The molecule has 4 nitrogen and oxygen atoms in total. The van der Waals surface area contributed by atoms with Crippen molar-refractivity contribution in [3.8, 4) is 0 Å². The molecule has 0 fully saturated rings. The fourth-order valence-corrected chi connectivity index (χ4v) is 2.12. The molecule has 1 atom stereocenters. The van der Waals surface area contributed by atoms with Gasteiger partial charge in [0.15, 0.2) is 0 Å². The normalized spacial score (nSPS) is 12.9. The van der Waals surface area contributed by atoms with Crippen molar-refractivity contribution >= 4 is 29.2 Å². The largest absolute Gasteiger partial charge is 0.389 e. The van der Waals surface area contributed by atoms with Crippen molar-refractivity contribution in [2.75, 3.05) is 13.6 Å². The third kappa shape index (κ3) is 5.19. The SMILES string of the molecule is C[C@@H](NC(=O)N(C)CC(C)(C)O)c1ccc(Cl)c(Cl)c1. The second-order valence-electron chi connectivity index (χ2n) is 5.51. The number of urea groups is 1. The molecule has 0 saturated carbocycles. The monoisotopic (exact) mass is 318 g/mol. The van der Waals surface area contributed by atoms with Crippen LogP contribution in [0.25, 0.3) is 0 Å². The van der Waals surface area contributed by atoms with E-state index in [0.717, 1.165) is 5.56 Å². The van der Waals surface area contributed by atoms with Crippen LogP contribution >= 0.6 is 23.2 Å². The van der Waals surface area contributed by atoms with Crippen LogP contribution in [0, 0.1) is 0 Å². The lowest BCUT2D eigenvalue weighted by molar-refractivity contribution is 0.0528. The lowest BCUT2D eigenvalue weighted by Crippen LogP contribution is -2.45. The Kier molecular flexibility index (Phi) is 5.68. The molecule has 2 amide bonds. The van der Waals surface area contributed by atoms with E-state index in [1.165, 1.54) is 4.90 Å². The van der Waals surface area contributed by atoms with Gasteiger partial charge in [-0.3, -0.25) is 0 Å². The molecule has 0 radical (unpaired) electrons. The number of amides is 2. The van der Waals surface area contributed by atoms with Crippen molar-refractivity contribution < 1.29 is 9.90 Å². The molecule has 0 bridgehead atoms. The maximum absolute atomic E-state index is 12.0. The van der Waals surface area contributed by atoms with Gasteiger partial charge in [0.25, 0.3) is 0 Å². The van der Waals surface area contributed by atoms with Gasteiger partial charge in [-0.15, -0.1) is 0 Å². The Hall–Kier alpha value is -0.970. The summed E-state index contributed by atoms with van der Waals surface area (Å²) in [5.74, 6) is 0. The van der Waals surface area contributed by atoms with Crippen molar-refractivity contribution in [1.29, 1.82) is 0 Å². The van der Waals surface area contributed by atoms with Gasteiger partial charge >= 0.3 is 6.03 Å². The zero-order valence-corrected chi connectivity index (χ0v) is 13.6. The van der Waals surface area contributed by atoms with Gasteiger partial charge in [-0.1, -0.05) is 29.3 Å². The maximum Gasteiger partial charge on any atom is 0.317 e.